The Hall–Kier alpha value is -3.02. The highest BCUT2D eigenvalue weighted by atomic mass is 16.6. The van der Waals surface area contributed by atoms with Gasteiger partial charge < -0.3 is 4.74 Å². The highest BCUT2D eigenvalue weighted by molar-refractivity contribution is 5.87. The molecule has 0 aliphatic carbocycles. The van der Waals surface area contributed by atoms with Crippen LogP contribution in [0.5, 0.6) is 0 Å². The molecule has 0 N–H and O–H groups in total. The molecule has 0 saturated heterocycles. The molecule has 2 rings (SSSR count). The summed E-state index contributed by atoms with van der Waals surface area (Å²) in [5.74, 6) is -0.440. The predicted octanol–water partition coefficient (Wildman–Crippen LogP) is 3.19. The second-order valence-corrected chi connectivity index (χ2v) is 5.53. The van der Waals surface area contributed by atoms with Crippen molar-refractivity contribution in [1.29, 1.82) is 0 Å². The molecule has 2 aromatic carbocycles. The number of benzene rings is 2. The molecule has 0 heterocycles. The normalized spacial score (nSPS) is 13.4. The Morgan fingerprint density at radius 3 is 2.38 bits per heavy atom. The van der Waals surface area contributed by atoms with Crippen molar-refractivity contribution < 1.29 is 14.5 Å². The van der Waals surface area contributed by atoms with E-state index >= 15 is 0 Å². The minimum absolute atomic E-state index is 0.00663. The first-order valence-corrected chi connectivity index (χ1v) is 7.36. The van der Waals surface area contributed by atoms with Crippen LogP contribution in [0.2, 0.25) is 0 Å². The van der Waals surface area contributed by atoms with Crippen molar-refractivity contribution in [2.24, 2.45) is 4.99 Å². The summed E-state index contributed by atoms with van der Waals surface area (Å²) >= 11 is 0. The minimum atomic E-state index is -1.07. The van der Waals surface area contributed by atoms with Gasteiger partial charge in [-0.25, -0.2) is 4.79 Å². The van der Waals surface area contributed by atoms with Crippen LogP contribution < -0.4 is 0 Å². The highest BCUT2D eigenvalue weighted by Gasteiger charge is 2.33. The van der Waals surface area contributed by atoms with Crippen molar-refractivity contribution in [2.75, 3.05) is 7.11 Å². The maximum atomic E-state index is 12.2. The Morgan fingerprint density at radius 1 is 1.21 bits per heavy atom. The summed E-state index contributed by atoms with van der Waals surface area (Å²) in [6.07, 6.45) is 1.92. The molecule has 6 nitrogen and oxygen atoms in total. The smallest absolute Gasteiger partial charge is 0.333 e. The number of esters is 1. The Bertz CT molecular complexity index is 741. The van der Waals surface area contributed by atoms with Crippen LogP contribution in [0.3, 0.4) is 0 Å². The van der Waals surface area contributed by atoms with Crippen molar-refractivity contribution in [3.05, 3.63) is 75.8 Å². The lowest BCUT2D eigenvalue weighted by Crippen LogP contribution is -2.37. The van der Waals surface area contributed by atoms with Crippen molar-refractivity contribution >= 4 is 17.9 Å². The van der Waals surface area contributed by atoms with Crippen LogP contribution in [0, 0.1) is 10.1 Å². The quantitative estimate of drug-likeness (QED) is 0.353. The van der Waals surface area contributed by atoms with Gasteiger partial charge in [0.05, 0.1) is 12.0 Å². The number of carbonyl (C=O) groups excluding carboxylic acids is 1. The van der Waals surface area contributed by atoms with Gasteiger partial charge in [0, 0.05) is 24.8 Å². The SMILES string of the molecule is COC(=O)[C@@](C)(Cc1ccccc1)N=Cc1ccc([N+](=O)[O-])cc1. The third-order valence-electron chi connectivity index (χ3n) is 3.62. The molecule has 0 unspecified atom stereocenters. The van der Waals surface area contributed by atoms with Gasteiger partial charge in [0.2, 0.25) is 0 Å². The largest absolute Gasteiger partial charge is 0.467 e. The molecule has 24 heavy (non-hydrogen) atoms. The van der Waals surface area contributed by atoms with Gasteiger partial charge >= 0.3 is 5.97 Å². The number of nitrogens with zero attached hydrogens (tertiary/aromatic N) is 2. The number of rotatable bonds is 6. The van der Waals surface area contributed by atoms with Crippen LogP contribution in [0.4, 0.5) is 5.69 Å². The minimum Gasteiger partial charge on any atom is -0.467 e. The van der Waals surface area contributed by atoms with E-state index in [4.69, 9.17) is 4.74 Å². The Balaban J connectivity index is 2.24. The van der Waals surface area contributed by atoms with E-state index in [1.54, 1.807) is 19.1 Å². The third kappa shape index (κ3) is 4.25. The number of carbonyl (C=O) groups is 1. The molecule has 2 aromatic rings. The zero-order valence-electron chi connectivity index (χ0n) is 13.5. The van der Waals surface area contributed by atoms with Gasteiger partial charge in [-0.1, -0.05) is 30.3 Å². The van der Waals surface area contributed by atoms with Crippen molar-refractivity contribution in [2.45, 2.75) is 18.9 Å². The van der Waals surface area contributed by atoms with Crippen molar-refractivity contribution in [1.82, 2.24) is 0 Å². The molecule has 0 saturated carbocycles. The molecule has 0 bridgehead atoms. The second kappa shape index (κ2) is 7.50. The molecule has 6 heteroatoms. The maximum absolute atomic E-state index is 12.2. The summed E-state index contributed by atoms with van der Waals surface area (Å²) in [4.78, 5) is 26.8. The van der Waals surface area contributed by atoms with Gasteiger partial charge in [0.25, 0.3) is 5.69 Å². The Morgan fingerprint density at radius 2 is 1.83 bits per heavy atom. The number of hydrogen-bond acceptors (Lipinski definition) is 5. The zero-order chi connectivity index (χ0) is 17.6. The van der Waals surface area contributed by atoms with E-state index in [0.717, 1.165) is 5.56 Å². The van der Waals surface area contributed by atoms with E-state index in [1.807, 2.05) is 30.3 Å². The van der Waals surface area contributed by atoms with E-state index in [0.29, 0.717) is 12.0 Å². The molecule has 0 radical (unpaired) electrons. The monoisotopic (exact) mass is 326 g/mol. The first-order valence-electron chi connectivity index (χ1n) is 7.36. The van der Waals surface area contributed by atoms with Gasteiger partial charge in [-0.15, -0.1) is 0 Å². The number of non-ortho nitro benzene ring substituents is 1. The second-order valence-electron chi connectivity index (χ2n) is 5.53. The molecule has 1 atom stereocenters. The van der Waals surface area contributed by atoms with E-state index < -0.39 is 16.4 Å². The highest BCUT2D eigenvalue weighted by Crippen LogP contribution is 2.20. The molecule has 0 amide bonds. The van der Waals surface area contributed by atoms with Crippen LogP contribution in [-0.4, -0.2) is 29.8 Å². The average Bonchev–Trinajstić information content (AvgIpc) is 2.60. The Labute approximate surface area is 140 Å². The summed E-state index contributed by atoms with van der Waals surface area (Å²) in [5.41, 5.74) is 0.569. The molecule has 0 aliphatic rings. The topological polar surface area (TPSA) is 81.8 Å². The lowest BCUT2D eigenvalue weighted by molar-refractivity contribution is -0.384. The lowest BCUT2D eigenvalue weighted by atomic mass is 9.93. The first kappa shape index (κ1) is 17.3. The van der Waals surface area contributed by atoms with Gasteiger partial charge in [-0.3, -0.25) is 15.1 Å². The third-order valence-corrected chi connectivity index (χ3v) is 3.62. The maximum Gasteiger partial charge on any atom is 0.333 e. The molecule has 124 valence electrons. The fourth-order valence-corrected chi connectivity index (χ4v) is 2.28. The van der Waals surface area contributed by atoms with E-state index in [1.165, 1.54) is 25.5 Å². The van der Waals surface area contributed by atoms with Gasteiger partial charge in [0.15, 0.2) is 5.54 Å². The van der Waals surface area contributed by atoms with Gasteiger partial charge in [0.1, 0.15) is 0 Å². The summed E-state index contributed by atoms with van der Waals surface area (Å²) in [6, 6.07) is 15.5. The van der Waals surface area contributed by atoms with Crippen LogP contribution >= 0.6 is 0 Å². The Kier molecular flexibility index (Phi) is 5.42. The number of methoxy groups -OCH3 is 1. The molecular formula is C18H18N2O4. The fraction of sp³-hybridized carbons (Fsp3) is 0.222. The summed E-state index contributed by atoms with van der Waals surface area (Å²) < 4.78 is 4.88. The fourth-order valence-electron chi connectivity index (χ4n) is 2.28. The van der Waals surface area contributed by atoms with E-state index in [9.17, 15) is 14.9 Å². The lowest BCUT2D eigenvalue weighted by Gasteiger charge is -2.22. The number of nitro benzene ring substituents is 1. The van der Waals surface area contributed by atoms with Crippen LogP contribution in [-0.2, 0) is 16.0 Å². The summed E-state index contributed by atoms with van der Waals surface area (Å²) in [6.45, 7) is 1.70. The molecule has 0 aliphatic heterocycles. The first-order chi connectivity index (χ1) is 11.4. The zero-order valence-corrected chi connectivity index (χ0v) is 13.5. The van der Waals surface area contributed by atoms with E-state index in [-0.39, 0.29) is 5.69 Å². The summed E-state index contributed by atoms with van der Waals surface area (Å²) in [7, 11) is 1.33. The van der Waals surface area contributed by atoms with Crippen LogP contribution in [0.1, 0.15) is 18.1 Å². The molecule has 0 aromatic heterocycles. The van der Waals surface area contributed by atoms with E-state index in [2.05, 4.69) is 4.99 Å². The van der Waals surface area contributed by atoms with Gasteiger partial charge in [-0.2, -0.15) is 0 Å². The molecule has 0 spiro atoms. The van der Waals surface area contributed by atoms with Crippen molar-refractivity contribution in [3.63, 3.8) is 0 Å². The summed E-state index contributed by atoms with van der Waals surface area (Å²) in [5, 5.41) is 10.7. The number of aliphatic imine (C=N–C) groups is 1. The predicted molar refractivity (Wildman–Crippen MR) is 91.3 cm³/mol. The standard InChI is InChI=1S/C18H18N2O4/c1-18(17(21)24-2,12-14-6-4-3-5-7-14)19-13-15-8-10-16(11-9-15)20(22)23/h3-11,13H,12H2,1-2H3/t18-/m1/s1. The van der Waals surface area contributed by atoms with Crippen LogP contribution in [0.25, 0.3) is 0 Å². The van der Waals surface area contributed by atoms with Gasteiger partial charge in [-0.05, 0) is 30.2 Å². The van der Waals surface area contributed by atoms with Crippen LogP contribution in [0.15, 0.2) is 59.6 Å². The number of nitro groups is 1. The molecule has 0 fully saturated rings. The molecular weight excluding hydrogens is 308 g/mol. The van der Waals surface area contributed by atoms with Crippen molar-refractivity contribution in [3.8, 4) is 0 Å². The average molecular weight is 326 g/mol. The number of ether oxygens (including phenoxy) is 1. The number of hydrogen-bond donors (Lipinski definition) is 0.